The van der Waals surface area contributed by atoms with E-state index in [0.29, 0.717) is 6.04 Å². The van der Waals surface area contributed by atoms with Crippen molar-refractivity contribution in [2.24, 2.45) is 23.7 Å². The number of benzene rings is 1. The molecule has 1 aromatic carbocycles. The molecule has 1 aromatic rings. The Morgan fingerprint density at radius 1 is 1.10 bits per heavy atom. The lowest BCUT2D eigenvalue weighted by atomic mass is 9.54. The van der Waals surface area contributed by atoms with Gasteiger partial charge in [-0.05, 0) is 67.9 Å². The maximum atomic E-state index is 8.61. The number of nitrogens with one attached hydrogen (secondary N) is 1. The van der Waals surface area contributed by atoms with Gasteiger partial charge in [0, 0.05) is 17.8 Å². The fraction of sp³-hybridized carbons (Fsp3) is 0.611. The van der Waals surface area contributed by atoms with Crippen LogP contribution in [0.4, 0.5) is 5.69 Å². The average molecular weight is 282 g/mol. The molecule has 0 spiro atoms. The molecule has 3 heteroatoms. The van der Waals surface area contributed by atoms with Crippen molar-refractivity contribution in [3.8, 4) is 11.8 Å². The largest absolute Gasteiger partial charge is 0.479 e. The topological polar surface area (TPSA) is 45.0 Å². The molecule has 0 heterocycles. The number of hydrogen-bond donors (Lipinski definition) is 1. The van der Waals surface area contributed by atoms with Gasteiger partial charge in [0.05, 0.1) is 0 Å². The molecule has 0 aromatic heterocycles. The van der Waals surface area contributed by atoms with Gasteiger partial charge in [-0.3, -0.25) is 0 Å². The summed E-state index contributed by atoms with van der Waals surface area (Å²) in [5.41, 5.74) is 1.14. The summed E-state index contributed by atoms with van der Waals surface area (Å²) in [6, 6.07) is 10.7. The first-order chi connectivity index (χ1) is 10.3. The van der Waals surface area contributed by atoms with Gasteiger partial charge < -0.3 is 10.1 Å². The SMILES string of the molecule is N#CCOc1cccc(NC2C3CC4CC(C3)CC2C4)c1. The minimum Gasteiger partial charge on any atom is -0.479 e. The van der Waals surface area contributed by atoms with E-state index in [4.69, 9.17) is 10.00 Å². The third kappa shape index (κ3) is 2.48. The van der Waals surface area contributed by atoms with Crippen LogP contribution in [-0.2, 0) is 0 Å². The first kappa shape index (κ1) is 13.0. The third-order valence-electron chi connectivity index (χ3n) is 5.70. The van der Waals surface area contributed by atoms with Crippen LogP contribution in [0.15, 0.2) is 24.3 Å². The fourth-order valence-corrected chi connectivity index (χ4v) is 5.14. The van der Waals surface area contributed by atoms with Gasteiger partial charge in [0.15, 0.2) is 6.61 Å². The predicted octanol–water partition coefficient (Wildman–Crippen LogP) is 3.83. The Balaban J connectivity index is 1.47. The van der Waals surface area contributed by atoms with Gasteiger partial charge >= 0.3 is 0 Å². The monoisotopic (exact) mass is 282 g/mol. The van der Waals surface area contributed by atoms with E-state index in [0.717, 1.165) is 35.1 Å². The zero-order chi connectivity index (χ0) is 14.2. The Bertz CT molecular complexity index is 535. The van der Waals surface area contributed by atoms with E-state index in [9.17, 15) is 0 Å². The van der Waals surface area contributed by atoms with Crippen molar-refractivity contribution < 1.29 is 4.74 Å². The van der Waals surface area contributed by atoms with Crippen LogP contribution in [0.25, 0.3) is 0 Å². The molecule has 0 unspecified atom stereocenters. The molecule has 4 bridgehead atoms. The normalized spacial score (nSPS) is 36.2. The Hall–Kier alpha value is -1.69. The Morgan fingerprint density at radius 3 is 2.48 bits per heavy atom. The van der Waals surface area contributed by atoms with Crippen molar-refractivity contribution in [1.29, 1.82) is 5.26 Å². The van der Waals surface area contributed by atoms with E-state index in [1.807, 2.05) is 24.3 Å². The molecule has 0 amide bonds. The summed E-state index contributed by atoms with van der Waals surface area (Å²) in [5.74, 6) is 4.53. The second-order valence-corrected chi connectivity index (χ2v) is 7.08. The molecular formula is C18H22N2O. The number of ether oxygens (including phenoxy) is 1. The molecule has 5 rings (SSSR count). The van der Waals surface area contributed by atoms with Crippen LogP contribution in [0.3, 0.4) is 0 Å². The molecule has 4 aliphatic rings. The molecule has 0 radical (unpaired) electrons. The van der Waals surface area contributed by atoms with E-state index in [-0.39, 0.29) is 6.61 Å². The fourth-order valence-electron chi connectivity index (χ4n) is 5.14. The van der Waals surface area contributed by atoms with Crippen LogP contribution in [0.1, 0.15) is 32.1 Å². The second kappa shape index (κ2) is 5.26. The summed E-state index contributed by atoms with van der Waals surface area (Å²) in [6.07, 6.45) is 7.20. The van der Waals surface area contributed by atoms with E-state index in [1.165, 1.54) is 32.1 Å². The Labute approximate surface area is 126 Å². The number of nitriles is 1. The van der Waals surface area contributed by atoms with Crippen LogP contribution >= 0.6 is 0 Å². The molecule has 0 atom stereocenters. The number of hydrogen-bond acceptors (Lipinski definition) is 3. The van der Waals surface area contributed by atoms with Crippen molar-refractivity contribution in [3.05, 3.63) is 24.3 Å². The quantitative estimate of drug-likeness (QED) is 0.913. The van der Waals surface area contributed by atoms with E-state index >= 15 is 0 Å². The number of nitrogens with zero attached hydrogens (tertiary/aromatic N) is 1. The molecular weight excluding hydrogens is 260 g/mol. The van der Waals surface area contributed by atoms with Gasteiger partial charge in [-0.15, -0.1) is 0 Å². The molecule has 1 N–H and O–H groups in total. The number of anilines is 1. The third-order valence-corrected chi connectivity index (χ3v) is 5.70. The van der Waals surface area contributed by atoms with Crippen LogP contribution in [0.2, 0.25) is 0 Å². The molecule has 0 aliphatic heterocycles. The van der Waals surface area contributed by atoms with Gasteiger partial charge in [0.25, 0.3) is 0 Å². The molecule has 4 saturated carbocycles. The first-order valence-corrected chi connectivity index (χ1v) is 8.18. The average Bonchev–Trinajstić information content (AvgIpc) is 2.48. The van der Waals surface area contributed by atoms with Gasteiger partial charge in [0.2, 0.25) is 0 Å². The van der Waals surface area contributed by atoms with Crippen LogP contribution < -0.4 is 10.1 Å². The van der Waals surface area contributed by atoms with Crippen molar-refractivity contribution >= 4 is 5.69 Å². The van der Waals surface area contributed by atoms with Crippen LogP contribution in [0, 0.1) is 35.0 Å². The van der Waals surface area contributed by atoms with Crippen molar-refractivity contribution in [3.63, 3.8) is 0 Å². The smallest absolute Gasteiger partial charge is 0.174 e. The van der Waals surface area contributed by atoms with Gasteiger partial charge in [0.1, 0.15) is 11.8 Å². The standard InChI is InChI=1S/C18H22N2O/c19-4-5-21-17-3-1-2-16(11-17)20-18-14-7-12-6-13(9-14)10-15(18)8-12/h1-3,11-15,18,20H,5-10H2. The summed E-state index contributed by atoms with van der Waals surface area (Å²) in [4.78, 5) is 0. The summed E-state index contributed by atoms with van der Waals surface area (Å²) < 4.78 is 5.40. The molecule has 110 valence electrons. The van der Waals surface area contributed by atoms with E-state index in [1.54, 1.807) is 0 Å². The Kier molecular flexibility index (Phi) is 3.25. The minimum atomic E-state index is 0.113. The van der Waals surface area contributed by atoms with Crippen molar-refractivity contribution in [1.82, 2.24) is 0 Å². The molecule has 4 aliphatic carbocycles. The first-order valence-electron chi connectivity index (χ1n) is 8.18. The molecule has 4 fully saturated rings. The second-order valence-electron chi connectivity index (χ2n) is 7.08. The highest BCUT2D eigenvalue weighted by Crippen LogP contribution is 2.54. The molecule has 21 heavy (non-hydrogen) atoms. The molecule has 3 nitrogen and oxygen atoms in total. The highest BCUT2D eigenvalue weighted by Gasteiger charge is 2.48. The predicted molar refractivity (Wildman–Crippen MR) is 82.0 cm³/mol. The lowest BCUT2D eigenvalue weighted by Gasteiger charge is -2.54. The van der Waals surface area contributed by atoms with Crippen LogP contribution in [-0.4, -0.2) is 12.6 Å². The molecule has 0 saturated heterocycles. The summed E-state index contributed by atoms with van der Waals surface area (Å²) in [5, 5.41) is 12.4. The maximum absolute atomic E-state index is 8.61. The van der Waals surface area contributed by atoms with Gasteiger partial charge in [-0.2, -0.15) is 5.26 Å². The van der Waals surface area contributed by atoms with E-state index < -0.39 is 0 Å². The summed E-state index contributed by atoms with van der Waals surface area (Å²) in [6.45, 7) is 0.113. The van der Waals surface area contributed by atoms with Crippen molar-refractivity contribution in [2.75, 3.05) is 11.9 Å². The van der Waals surface area contributed by atoms with Crippen molar-refractivity contribution in [2.45, 2.75) is 38.1 Å². The Morgan fingerprint density at radius 2 is 1.81 bits per heavy atom. The van der Waals surface area contributed by atoms with Gasteiger partial charge in [-0.1, -0.05) is 6.07 Å². The zero-order valence-electron chi connectivity index (χ0n) is 12.3. The van der Waals surface area contributed by atoms with E-state index in [2.05, 4.69) is 11.4 Å². The zero-order valence-corrected chi connectivity index (χ0v) is 12.3. The lowest BCUT2D eigenvalue weighted by Crippen LogP contribution is -2.51. The minimum absolute atomic E-state index is 0.113. The number of rotatable bonds is 4. The van der Waals surface area contributed by atoms with Gasteiger partial charge in [-0.25, -0.2) is 0 Å². The van der Waals surface area contributed by atoms with Crippen LogP contribution in [0.5, 0.6) is 5.75 Å². The highest BCUT2D eigenvalue weighted by atomic mass is 16.5. The highest BCUT2D eigenvalue weighted by molar-refractivity contribution is 5.49. The lowest BCUT2D eigenvalue weighted by molar-refractivity contribution is 0.00753. The summed E-state index contributed by atoms with van der Waals surface area (Å²) >= 11 is 0. The summed E-state index contributed by atoms with van der Waals surface area (Å²) in [7, 11) is 0. The maximum Gasteiger partial charge on any atom is 0.174 e.